The Balaban J connectivity index is 1.45. The Labute approximate surface area is 198 Å². The van der Waals surface area contributed by atoms with Crippen LogP contribution >= 0.6 is 39.9 Å². The standard InChI is InChI=1S/C22H20BrN3O3S2/c1-14-4-6-15(7-5-14)13-18-21(29)26(22(30)31-18)12-2-3-19(27)24-25-20(28)16-8-10-17(23)11-9-16/h4-11,13H,2-3,12H2,1H3,(H,24,27)(H,25,28)/b18-13+. The number of hydrogen-bond acceptors (Lipinski definition) is 5. The molecule has 1 aliphatic heterocycles. The van der Waals surface area contributed by atoms with Gasteiger partial charge in [-0.2, -0.15) is 0 Å². The van der Waals surface area contributed by atoms with E-state index in [9.17, 15) is 14.4 Å². The van der Waals surface area contributed by atoms with Gasteiger partial charge in [0.25, 0.3) is 11.8 Å². The number of benzene rings is 2. The van der Waals surface area contributed by atoms with Gasteiger partial charge in [-0.15, -0.1) is 0 Å². The number of hydrazine groups is 1. The summed E-state index contributed by atoms with van der Waals surface area (Å²) in [4.78, 5) is 38.8. The van der Waals surface area contributed by atoms with Crippen molar-refractivity contribution in [2.24, 2.45) is 0 Å². The highest BCUT2D eigenvalue weighted by molar-refractivity contribution is 9.10. The number of nitrogens with one attached hydrogen (secondary N) is 2. The Morgan fingerprint density at radius 2 is 1.77 bits per heavy atom. The first-order valence-electron chi connectivity index (χ1n) is 9.50. The Kier molecular flexibility index (Phi) is 8.00. The molecule has 1 aliphatic rings. The minimum Gasteiger partial charge on any atom is -0.293 e. The molecule has 0 atom stereocenters. The van der Waals surface area contributed by atoms with Crippen LogP contribution in [0.3, 0.4) is 0 Å². The molecule has 1 saturated heterocycles. The SMILES string of the molecule is Cc1ccc(/C=C2/SC(=S)N(CCCC(=O)NNC(=O)c3ccc(Br)cc3)C2=O)cc1. The number of amides is 3. The molecule has 0 aromatic heterocycles. The van der Waals surface area contributed by atoms with Crippen LogP contribution in [0.2, 0.25) is 0 Å². The Bertz CT molecular complexity index is 1040. The minimum absolute atomic E-state index is 0.148. The number of carbonyl (C=O) groups is 3. The molecule has 2 aromatic carbocycles. The molecule has 0 bridgehead atoms. The molecule has 2 aromatic rings. The van der Waals surface area contributed by atoms with Crippen LogP contribution in [-0.2, 0) is 9.59 Å². The summed E-state index contributed by atoms with van der Waals surface area (Å²) in [6.45, 7) is 2.34. The van der Waals surface area contributed by atoms with Gasteiger partial charge < -0.3 is 0 Å². The van der Waals surface area contributed by atoms with Crippen molar-refractivity contribution in [3.05, 3.63) is 74.6 Å². The van der Waals surface area contributed by atoms with Crippen LogP contribution in [0, 0.1) is 6.92 Å². The molecule has 0 unspecified atom stereocenters. The van der Waals surface area contributed by atoms with E-state index in [1.54, 1.807) is 24.3 Å². The summed E-state index contributed by atoms with van der Waals surface area (Å²) in [5, 5.41) is 0. The predicted molar refractivity (Wildman–Crippen MR) is 130 cm³/mol. The number of carbonyl (C=O) groups excluding carboxylic acids is 3. The van der Waals surface area contributed by atoms with Gasteiger partial charge in [-0.1, -0.05) is 69.7 Å². The van der Waals surface area contributed by atoms with E-state index in [0.29, 0.717) is 27.8 Å². The van der Waals surface area contributed by atoms with Gasteiger partial charge in [-0.05, 0) is 49.2 Å². The number of thioether (sulfide) groups is 1. The van der Waals surface area contributed by atoms with Gasteiger partial charge in [0.05, 0.1) is 4.91 Å². The van der Waals surface area contributed by atoms with Crippen LogP contribution in [0.4, 0.5) is 0 Å². The van der Waals surface area contributed by atoms with Crippen molar-refractivity contribution < 1.29 is 14.4 Å². The highest BCUT2D eigenvalue weighted by Gasteiger charge is 2.31. The van der Waals surface area contributed by atoms with Crippen molar-refractivity contribution in [1.29, 1.82) is 0 Å². The zero-order chi connectivity index (χ0) is 22.4. The summed E-state index contributed by atoms with van der Waals surface area (Å²) in [6, 6.07) is 14.7. The normalized spacial score (nSPS) is 14.8. The van der Waals surface area contributed by atoms with Crippen molar-refractivity contribution in [2.75, 3.05) is 6.54 Å². The molecule has 9 heteroatoms. The summed E-state index contributed by atoms with van der Waals surface area (Å²) >= 11 is 9.89. The lowest BCUT2D eigenvalue weighted by Gasteiger charge is -2.14. The third-order valence-electron chi connectivity index (χ3n) is 4.46. The molecular weight excluding hydrogens is 498 g/mol. The van der Waals surface area contributed by atoms with E-state index in [-0.39, 0.29) is 18.2 Å². The highest BCUT2D eigenvalue weighted by Crippen LogP contribution is 2.32. The summed E-state index contributed by atoms with van der Waals surface area (Å²) < 4.78 is 1.34. The van der Waals surface area contributed by atoms with Gasteiger partial charge in [0.15, 0.2) is 0 Å². The number of nitrogens with zero attached hydrogens (tertiary/aromatic N) is 1. The lowest BCUT2D eigenvalue weighted by atomic mass is 10.1. The number of halogens is 1. The molecule has 0 aliphatic carbocycles. The fourth-order valence-electron chi connectivity index (χ4n) is 2.77. The maximum absolute atomic E-state index is 12.6. The van der Waals surface area contributed by atoms with Gasteiger partial charge >= 0.3 is 0 Å². The molecule has 1 fully saturated rings. The fraction of sp³-hybridized carbons (Fsp3) is 0.182. The topological polar surface area (TPSA) is 78.5 Å². The quantitative estimate of drug-likeness (QED) is 0.341. The number of aryl methyl sites for hydroxylation is 1. The van der Waals surface area contributed by atoms with Crippen molar-refractivity contribution in [3.8, 4) is 0 Å². The smallest absolute Gasteiger partial charge is 0.269 e. The van der Waals surface area contributed by atoms with E-state index in [2.05, 4.69) is 26.8 Å². The van der Waals surface area contributed by atoms with Crippen LogP contribution < -0.4 is 10.9 Å². The summed E-state index contributed by atoms with van der Waals surface area (Å²) in [6.07, 6.45) is 2.39. The number of rotatable bonds is 6. The minimum atomic E-state index is -0.404. The third kappa shape index (κ3) is 6.49. The van der Waals surface area contributed by atoms with E-state index >= 15 is 0 Å². The second kappa shape index (κ2) is 10.7. The molecule has 1 heterocycles. The highest BCUT2D eigenvalue weighted by atomic mass is 79.9. The van der Waals surface area contributed by atoms with Gasteiger partial charge in [-0.25, -0.2) is 0 Å². The molecule has 2 N–H and O–H groups in total. The summed E-state index contributed by atoms with van der Waals surface area (Å²) in [7, 11) is 0. The van der Waals surface area contributed by atoms with E-state index in [1.807, 2.05) is 37.3 Å². The molecule has 0 spiro atoms. The van der Waals surface area contributed by atoms with Crippen molar-refractivity contribution in [1.82, 2.24) is 15.8 Å². The van der Waals surface area contributed by atoms with Crippen molar-refractivity contribution in [3.63, 3.8) is 0 Å². The van der Waals surface area contributed by atoms with Crippen molar-refractivity contribution >= 4 is 68.0 Å². The zero-order valence-electron chi connectivity index (χ0n) is 16.7. The Morgan fingerprint density at radius 3 is 2.45 bits per heavy atom. The van der Waals surface area contributed by atoms with Crippen LogP contribution in [0.1, 0.15) is 34.3 Å². The monoisotopic (exact) mass is 517 g/mol. The zero-order valence-corrected chi connectivity index (χ0v) is 19.9. The van der Waals surface area contributed by atoms with Crippen molar-refractivity contribution in [2.45, 2.75) is 19.8 Å². The lowest BCUT2D eigenvalue weighted by Crippen LogP contribution is -2.41. The fourth-order valence-corrected chi connectivity index (χ4v) is 4.34. The van der Waals surface area contributed by atoms with E-state index in [1.165, 1.54) is 16.7 Å². The average Bonchev–Trinajstić information content (AvgIpc) is 3.01. The molecule has 3 rings (SSSR count). The second-order valence-electron chi connectivity index (χ2n) is 6.86. The summed E-state index contributed by atoms with van der Waals surface area (Å²) in [5.41, 5.74) is 7.28. The number of thiocarbonyl (C=S) groups is 1. The first-order chi connectivity index (χ1) is 14.8. The van der Waals surface area contributed by atoms with Gasteiger partial charge in [0.1, 0.15) is 4.32 Å². The van der Waals surface area contributed by atoms with Crippen LogP contribution in [0.25, 0.3) is 6.08 Å². The molecular formula is C22H20BrN3O3S2. The number of hydrogen-bond donors (Lipinski definition) is 2. The molecule has 0 saturated carbocycles. The van der Waals surface area contributed by atoms with Gasteiger partial charge in [0, 0.05) is 23.0 Å². The molecule has 6 nitrogen and oxygen atoms in total. The first kappa shape index (κ1) is 23.2. The van der Waals surface area contributed by atoms with E-state index in [0.717, 1.165) is 15.6 Å². The van der Waals surface area contributed by atoms with Crippen LogP contribution in [0.5, 0.6) is 0 Å². The van der Waals surface area contributed by atoms with Gasteiger partial charge in [-0.3, -0.25) is 30.1 Å². The predicted octanol–water partition coefficient (Wildman–Crippen LogP) is 4.20. The van der Waals surface area contributed by atoms with Gasteiger partial charge in [0.2, 0.25) is 5.91 Å². The maximum atomic E-state index is 12.6. The van der Waals surface area contributed by atoms with Crippen LogP contribution in [-0.4, -0.2) is 33.5 Å². The average molecular weight is 518 g/mol. The third-order valence-corrected chi connectivity index (χ3v) is 6.36. The Morgan fingerprint density at radius 1 is 1.10 bits per heavy atom. The van der Waals surface area contributed by atoms with E-state index < -0.39 is 5.91 Å². The molecule has 31 heavy (non-hydrogen) atoms. The second-order valence-corrected chi connectivity index (χ2v) is 9.45. The first-order valence-corrected chi connectivity index (χ1v) is 11.5. The van der Waals surface area contributed by atoms with Crippen LogP contribution in [0.15, 0.2) is 57.9 Å². The van der Waals surface area contributed by atoms with E-state index in [4.69, 9.17) is 12.2 Å². The molecule has 3 amide bonds. The molecule has 0 radical (unpaired) electrons. The Hall–Kier alpha value is -2.49. The summed E-state index contributed by atoms with van der Waals surface area (Å²) in [5.74, 6) is -0.898. The maximum Gasteiger partial charge on any atom is 0.269 e. The largest absolute Gasteiger partial charge is 0.293 e. The lowest BCUT2D eigenvalue weighted by molar-refractivity contribution is -0.124. The molecule has 160 valence electrons.